The fourth-order valence-electron chi connectivity index (χ4n) is 3.72. The zero-order valence-electron chi connectivity index (χ0n) is 10.4. The smallest absolute Gasteiger partial charge is 0.0902 e. The lowest BCUT2D eigenvalue weighted by molar-refractivity contribution is -0.0535. The Bertz CT molecular complexity index is 331. The minimum atomic E-state index is 0.126. The van der Waals surface area contributed by atoms with Gasteiger partial charge in [-0.3, -0.25) is 0 Å². The van der Waals surface area contributed by atoms with Crippen molar-refractivity contribution in [2.45, 2.75) is 57.7 Å². The van der Waals surface area contributed by atoms with Crippen molar-refractivity contribution in [2.75, 3.05) is 0 Å². The van der Waals surface area contributed by atoms with Crippen LogP contribution in [-0.2, 0) is 4.74 Å². The average molecular weight is 218 g/mol. The van der Waals surface area contributed by atoms with Crippen LogP contribution in [0.4, 0.5) is 0 Å². The first-order valence-electron chi connectivity index (χ1n) is 6.76. The molecule has 1 saturated heterocycles. The molecule has 0 radical (unpaired) electrons. The van der Waals surface area contributed by atoms with Gasteiger partial charge in [-0.15, -0.1) is 0 Å². The van der Waals surface area contributed by atoms with Crippen LogP contribution < -0.4 is 0 Å². The molecule has 2 fully saturated rings. The van der Waals surface area contributed by atoms with Crippen LogP contribution in [0.15, 0.2) is 23.8 Å². The Morgan fingerprint density at radius 1 is 1.25 bits per heavy atom. The molecule has 1 spiro atoms. The maximum atomic E-state index is 6.38. The molecule has 0 aromatic rings. The highest BCUT2D eigenvalue weighted by Gasteiger charge is 2.49. The molecule has 1 aliphatic heterocycles. The maximum absolute atomic E-state index is 6.38. The highest BCUT2D eigenvalue weighted by Crippen LogP contribution is 2.51. The van der Waals surface area contributed by atoms with Gasteiger partial charge < -0.3 is 4.74 Å². The Morgan fingerprint density at radius 2 is 2.00 bits per heavy atom. The number of fused-ring (bicyclic) bond motifs is 2. The first-order chi connectivity index (χ1) is 7.71. The lowest BCUT2D eigenvalue weighted by atomic mass is 9.71. The van der Waals surface area contributed by atoms with Crippen LogP contribution in [0.2, 0.25) is 0 Å². The molecule has 1 heterocycles. The van der Waals surface area contributed by atoms with Crippen LogP contribution in [0.5, 0.6) is 0 Å². The SMILES string of the molecule is CC1CCC2(CC1)OC(C)C1CC=CC=C12. The summed E-state index contributed by atoms with van der Waals surface area (Å²) in [5.41, 5.74) is 1.73. The van der Waals surface area contributed by atoms with Gasteiger partial charge in [-0.05, 0) is 50.5 Å². The van der Waals surface area contributed by atoms with Gasteiger partial charge in [0.1, 0.15) is 0 Å². The Labute approximate surface area is 98.6 Å². The Kier molecular flexibility index (Phi) is 2.47. The largest absolute Gasteiger partial charge is 0.367 e. The maximum Gasteiger partial charge on any atom is 0.0902 e. The van der Waals surface area contributed by atoms with Crippen molar-refractivity contribution in [3.8, 4) is 0 Å². The Hall–Kier alpha value is -0.560. The molecule has 1 nitrogen and oxygen atoms in total. The monoisotopic (exact) mass is 218 g/mol. The molecule has 0 amide bonds. The number of ether oxygens (including phenoxy) is 1. The van der Waals surface area contributed by atoms with Gasteiger partial charge in [0, 0.05) is 5.92 Å². The lowest BCUT2D eigenvalue weighted by Gasteiger charge is -2.37. The van der Waals surface area contributed by atoms with Crippen LogP contribution in [0, 0.1) is 11.8 Å². The number of hydrogen-bond acceptors (Lipinski definition) is 1. The number of hydrogen-bond donors (Lipinski definition) is 0. The van der Waals surface area contributed by atoms with Crippen molar-refractivity contribution in [1.29, 1.82) is 0 Å². The average Bonchev–Trinajstić information content (AvgIpc) is 2.58. The molecule has 2 unspecified atom stereocenters. The predicted octanol–water partition coefficient (Wildman–Crippen LogP) is 3.86. The third-order valence-electron chi connectivity index (χ3n) is 4.79. The van der Waals surface area contributed by atoms with Gasteiger partial charge in [-0.2, -0.15) is 0 Å². The molecule has 1 heteroatoms. The van der Waals surface area contributed by atoms with Crippen molar-refractivity contribution in [1.82, 2.24) is 0 Å². The molecule has 0 aromatic carbocycles. The summed E-state index contributed by atoms with van der Waals surface area (Å²) in [7, 11) is 0. The van der Waals surface area contributed by atoms with E-state index in [0.29, 0.717) is 12.0 Å². The van der Waals surface area contributed by atoms with E-state index in [1.54, 1.807) is 5.57 Å². The fourth-order valence-corrected chi connectivity index (χ4v) is 3.72. The molecule has 2 aliphatic carbocycles. The van der Waals surface area contributed by atoms with Crippen molar-refractivity contribution < 1.29 is 4.74 Å². The summed E-state index contributed by atoms with van der Waals surface area (Å²) in [5, 5.41) is 0. The Morgan fingerprint density at radius 3 is 2.75 bits per heavy atom. The van der Waals surface area contributed by atoms with Crippen molar-refractivity contribution in [3.05, 3.63) is 23.8 Å². The fraction of sp³-hybridized carbons (Fsp3) is 0.733. The second-order valence-electron chi connectivity index (χ2n) is 5.89. The topological polar surface area (TPSA) is 9.23 Å². The molecular weight excluding hydrogens is 196 g/mol. The first kappa shape index (κ1) is 10.6. The van der Waals surface area contributed by atoms with Gasteiger partial charge in [0.05, 0.1) is 11.7 Å². The van der Waals surface area contributed by atoms with Gasteiger partial charge in [-0.1, -0.05) is 25.2 Å². The standard InChI is InChI=1S/C15H22O/c1-11-7-9-15(10-8-11)14-6-4-3-5-13(14)12(2)16-15/h3-4,6,11-13H,5,7-10H2,1-2H3. The molecule has 16 heavy (non-hydrogen) atoms. The van der Waals surface area contributed by atoms with Gasteiger partial charge in [-0.25, -0.2) is 0 Å². The number of allylic oxidation sites excluding steroid dienone is 3. The minimum Gasteiger partial charge on any atom is -0.367 e. The summed E-state index contributed by atoms with van der Waals surface area (Å²) in [6.07, 6.45) is 13.6. The van der Waals surface area contributed by atoms with E-state index < -0.39 is 0 Å². The van der Waals surface area contributed by atoms with E-state index in [1.807, 2.05) is 0 Å². The molecule has 2 atom stereocenters. The second-order valence-corrected chi connectivity index (χ2v) is 5.89. The summed E-state index contributed by atoms with van der Waals surface area (Å²) in [5.74, 6) is 1.56. The van der Waals surface area contributed by atoms with Gasteiger partial charge >= 0.3 is 0 Å². The van der Waals surface area contributed by atoms with Crippen molar-refractivity contribution >= 4 is 0 Å². The molecule has 0 N–H and O–H groups in total. The summed E-state index contributed by atoms with van der Waals surface area (Å²) in [4.78, 5) is 0. The zero-order chi connectivity index (χ0) is 11.2. The van der Waals surface area contributed by atoms with E-state index in [9.17, 15) is 0 Å². The van der Waals surface area contributed by atoms with E-state index in [-0.39, 0.29) is 5.60 Å². The van der Waals surface area contributed by atoms with Crippen LogP contribution in [0.1, 0.15) is 46.0 Å². The van der Waals surface area contributed by atoms with Crippen LogP contribution in [0.25, 0.3) is 0 Å². The summed E-state index contributed by atoms with van der Waals surface area (Å²) < 4.78 is 6.38. The van der Waals surface area contributed by atoms with E-state index in [0.717, 1.165) is 5.92 Å². The normalized spacial score (nSPS) is 46.9. The summed E-state index contributed by atoms with van der Waals surface area (Å²) in [6.45, 7) is 4.63. The summed E-state index contributed by atoms with van der Waals surface area (Å²) in [6, 6.07) is 0. The minimum absolute atomic E-state index is 0.126. The quantitative estimate of drug-likeness (QED) is 0.600. The molecule has 0 aromatic heterocycles. The predicted molar refractivity (Wildman–Crippen MR) is 66.2 cm³/mol. The molecule has 0 bridgehead atoms. The highest BCUT2D eigenvalue weighted by molar-refractivity contribution is 5.33. The van der Waals surface area contributed by atoms with E-state index >= 15 is 0 Å². The lowest BCUT2D eigenvalue weighted by Crippen LogP contribution is -2.35. The molecule has 1 saturated carbocycles. The van der Waals surface area contributed by atoms with Crippen LogP contribution in [0.3, 0.4) is 0 Å². The number of rotatable bonds is 0. The molecular formula is C15H22O. The van der Waals surface area contributed by atoms with Gasteiger partial charge in [0.15, 0.2) is 0 Å². The van der Waals surface area contributed by atoms with E-state index in [4.69, 9.17) is 4.74 Å². The van der Waals surface area contributed by atoms with E-state index in [2.05, 4.69) is 32.1 Å². The van der Waals surface area contributed by atoms with Gasteiger partial charge in [0.2, 0.25) is 0 Å². The van der Waals surface area contributed by atoms with Crippen LogP contribution in [-0.4, -0.2) is 11.7 Å². The van der Waals surface area contributed by atoms with Crippen molar-refractivity contribution in [3.63, 3.8) is 0 Å². The molecule has 3 aliphatic rings. The van der Waals surface area contributed by atoms with Crippen LogP contribution >= 0.6 is 0 Å². The first-order valence-corrected chi connectivity index (χ1v) is 6.76. The Balaban J connectivity index is 1.90. The second kappa shape index (κ2) is 3.73. The van der Waals surface area contributed by atoms with Gasteiger partial charge in [0.25, 0.3) is 0 Å². The third-order valence-corrected chi connectivity index (χ3v) is 4.79. The molecule has 3 rings (SSSR count). The highest BCUT2D eigenvalue weighted by atomic mass is 16.5. The zero-order valence-corrected chi connectivity index (χ0v) is 10.4. The third kappa shape index (κ3) is 1.48. The van der Waals surface area contributed by atoms with Crippen molar-refractivity contribution in [2.24, 2.45) is 11.8 Å². The molecule has 88 valence electrons. The van der Waals surface area contributed by atoms with E-state index in [1.165, 1.54) is 32.1 Å². The summed E-state index contributed by atoms with van der Waals surface area (Å²) >= 11 is 0.